The van der Waals surface area contributed by atoms with Gasteiger partial charge in [0, 0.05) is 0 Å². The van der Waals surface area contributed by atoms with Gasteiger partial charge < -0.3 is 0 Å². The van der Waals surface area contributed by atoms with E-state index in [0.717, 1.165) is 24.8 Å². The van der Waals surface area contributed by atoms with Gasteiger partial charge >= 0.3 is 0 Å². The van der Waals surface area contributed by atoms with Gasteiger partial charge in [0.15, 0.2) is 0 Å². The third-order valence-corrected chi connectivity index (χ3v) is 2.28. The Kier molecular flexibility index (Phi) is 9.94. The largest absolute Gasteiger partial charge is 0.0991 e. The Balaban J connectivity index is 3.78. The average molecular weight is 228 g/mol. The standard InChI is InChI=1S/C17H24/c1-5-7-12-16(3)14-10-9-11-15-17(4)13-8-6-2/h5-9,11-13H,1,3,10,14-15H2,2,4H3. The van der Waals surface area contributed by atoms with Gasteiger partial charge in [-0.25, -0.2) is 0 Å². The summed E-state index contributed by atoms with van der Waals surface area (Å²) < 4.78 is 0. The number of hydrogen-bond donors (Lipinski definition) is 0. The second-order valence-electron chi connectivity index (χ2n) is 4.01. The van der Waals surface area contributed by atoms with Gasteiger partial charge in [-0.3, -0.25) is 0 Å². The fourth-order valence-corrected chi connectivity index (χ4v) is 1.27. The van der Waals surface area contributed by atoms with E-state index < -0.39 is 0 Å². The van der Waals surface area contributed by atoms with Gasteiger partial charge in [-0.15, -0.1) is 0 Å². The lowest BCUT2D eigenvalue weighted by Crippen LogP contribution is -1.76. The summed E-state index contributed by atoms with van der Waals surface area (Å²) in [6.45, 7) is 11.8. The fraction of sp³-hybridized carbons (Fsp3) is 0.294. The lowest BCUT2D eigenvalue weighted by Gasteiger charge is -1.96. The van der Waals surface area contributed by atoms with Crippen molar-refractivity contribution < 1.29 is 0 Å². The highest BCUT2D eigenvalue weighted by atomic mass is 13.9. The molecule has 0 aromatic heterocycles. The van der Waals surface area contributed by atoms with Crippen molar-refractivity contribution in [2.45, 2.75) is 33.1 Å². The second-order valence-corrected chi connectivity index (χ2v) is 4.01. The molecule has 0 heteroatoms. The van der Waals surface area contributed by atoms with Gasteiger partial charge in [-0.05, 0) is 33.1 Å². The van der Waals surface area contributed by atoms with E-state index in [1.54, 1.807) is 6.08 Å². The molecule has 0 amide bonds. The minimum Gasteiger partial charge on any atom is -0.0991 e. The van der Waals surface area contributed by atoms with E-state index in [1.165, 1.54) is 5.57 Å². The van der Waals surface area contributed by atoms with Crippen molar-refractivity contribution in [1.29, 1.82) is 0 Å². The minimum absolute atomic E-state index is 1.01. The molecule has 0 saturated heterocycles. The summed E-state index contributed by atoms with van der Waals surface area (Å²) in [7, 11) is 0. The first-order valence-corrected chi connectivity index (χ1v) is 6.11. The monoisotopic (exact) mass is 228 g/mol. The number of hydrogen-bond acceptors (Lipinski definition) is 0. The van der Waals surface area contributed by atoms with Gasteiger partial charge in [0.25, 0.3) is 0 Å². The average Bonchev–Trinajstić information content (AvgIpc) is 2.33. The van der Waals surface area contributed by atoms with Crippen LogP contribution in [0.15, 0.2) is 72.9 Å². The molecule has 0 unspecified atom stereocenters. The summed E-state index contributed by atoms with van der Waals surface area (Å²) in [4.78, 5) is 0. The van der Waals surface area contributed by atoms with Crippen LogP contribution in [0.3, 0.4) is 0 Å². The molecule has 0 spiro atoms. The zero-order chi connectivity index (χ0) is 12.9. The van der Waals surface area contributed by atoms with E-state index in [4.69, 9.17) is 0 Å². The number of allylic oxidation sites excluding steroid dienone is 10. The molecule has 0 aromatic rings. The molecule has 0 aliphatic rings. The zero-order valence-corrected chi connectivity index (χ0v) is 11.2. The van der Waals surface area contributed by atoms with Crippen molar-refractivity contribution in [3.63, 3.8) is 0 Å². The smallest absolute Gasteiger partial charge is 0.0138 e. The van der Waals surface area contributed by atoms with Gasteiger partial charge in [0.1, 0.15) is 0 Å². The predicted molar refractivity (Wildman–Crippen MR) is 80.0 cm³/mol. The van der Waals surface area contributed by atoms with E-state index in [0.29, 0.717) is 0 Å². The molecule has 0 heterocycles. The predicted octanol–water partition coefficient (Wildman–Crippen LogP) is 5.53. The van der Waals surface area contributed by atoms with Crippen LogP contribution in [-0.2, 0) is 0 Å². The summed E-state index contributed by atoms with van der Waals surface area (Å²) in [6, 6.07) is 0. The lowest BCUT2D eigenvalue weighted by atomic mass is 10.1. The van der Waals surface area contributed by atoms with E-state index in [2.05, 4.69) is 44.4 Å². The van der Waals surface area contributed by atoms with Crippen LogP contribution in [0, 0.1) is 0 Å². The second kappa shape index (κ2) is 10.9. The number of rotatable bonds is 8. The molecule has 0 N–H and O–H groups in total. The minimum atomic E-state index is 1.01. The van der Waals surface area contributed by atoms with Crippen LogP contribution in [0.4, 0.5) is 0 Å². The summed E-state index contributed by atoms with van der Waals surface area (Å²) in [5.41, 5.74) is 2.53. The molecule has 17 heavy (non-hydrogen) atoms. The maximum absolute atomic E-state index is 3.98. The molecular weight excluding hydrogens is 204 g/mol. The fourth-order valence-electron chi connectivity index (χ4n) is 1.27. The highest BCUT2D eigenvalue weighted by molar-refractivity contribution is 5.18. The van der Waals surface area contributed by atoms with Crippen molar-refractivity contribution in [2.75, 3.05) is 0 Å². The molecular formula is C17H24. The van der Waals surface area contributed by atoms with Gasteiger partial charge in [0.2, 0.25) is 0 Å². The van der Waals surface area contributed by atoms with Crippen LogP contribution < -0.4 is 0 Å². The van der Waals surface area contributed by atoms with E-state index >= 15 is 0 Å². The van der Waals surface area contributed by atoms with Crippen LogP contribution in [0.5, 0.6) is 0 Å². The highest BCUT2D eigenvalue weighted by Gasteiger charge is 1.87. The van der Waals surface area contributed by atoms with Gasteiger partial charge in [-0.1, -0.05) is 72.9 Å². The van der Waals surface area contributed by atoms with Crippen molar-refractivity contribution in [1.82, 2.24) is 0 Å². The van der Waals surface area contributed by atoms with E-state index in [-0.39, 0.29) is 0 Å². The summed E-state index contributed by atoms with van der Waals surface area (Å²) >= 11 is 0. The molecule has 0 bridgehead atoms. The van der Waals surface area contributed by atoms with Crippen LogP contribution in [-0.4, -0.2) is 0 Å². The molecule has 0 nitrogen and oxygen atoms in total. The maximum atomic E-state index is 3.98. The SMILES string of the molecule is C=CC=CC(=C)CCC=CCC(C)=CC=CC. The normalized spacial score (nSPS) is 12.9. The van der Waals surface area contributed by atoms with Crippen molar-refractivity contribution in [2.24, 2.45) is 0 Å². The Labute approximate surface area is 106 Å². The molecule has 0 aliphatic carbocycles. The first-order chi connectivity index (χ1) is 8.20. The highest BCUT2D eigenvalue weighted by Crippen LogP contribution is 2.07. The Morgan fingerprint density at radius 3 is 2.59 bits per heavy atom. The first kappa shape index (κ1) is 15.4. The first-order valence-electron chi connectivity index (χ1n) is 6.11. The van der Waals surface area contributed by atoms with E-state index in [1.807, 2.05) is 25.2 Å². The summed E-state index contributed by atoms with van der Waals surface area (Å²) in [5.74, 6) is 0. The van der Waals surface area contributed by atoms with Gasteiger partial charge in [0.05, 0.1) is 0 Å². The van der Waals surface area contributed by atoms with E-state index in [9.17, 15) is 0 Å². The molecule has 0 aliphatic heterocycles. The molecule has 0 radical (unpaired) electrons. The third-order valence-electron chi connectivity index (χ3n) is 2.28. The Morgan fingerprint density at radius 2 is 1.94 bits per heavy atom. The topological polar surface area (TPSA) is 0 Å². The molecule has 0 saturated carbocycles. The molecule has 0 rings (SSSR count). The van der Waals surface area contributed by atoms with Crippen molar-refractivity contribution >= 4 is 0 Å². The van der Waals surface area contributed by atoms with Crippen LogP contribution in [0.25, 0.3) is 0 Å². The van der Waals surface area contributed by atoms with Crippen LogP contribution in [0.2, 0.25) is 0 Å². The van der Waals surface area contributed by atoms with Crippen molar-refractivity contribution in [3.8, 4) is 0 Å². The molecule has 0 aromatic carbocycles. The van der Waals surface area contributed by atoms with Crippen molar-refractivity contribution in [3.05, 3.63) is 72.9 Å². The molecule has 0 fully saturated rings. The Bertz CT molecular complexity index is 335. The molecule has 92 valence electrons. The van der Waals surface area contributed by atoms with Crippen LogP contribution >= 0.6 is 0 Å². The maximum Gasteiger partial charge on any atom is -0.0138 e. The Morgan fingerprint density at radius 1 is 1.18 bits per heavy atom. The third kappa shape index (κ3) is 10.7. The summed E-state index contributed by atoms with van der Waals surface area (Å²) in [5, 5.41) is 0. The summed E-state index contributed by atoms with van der Waals surface area (Å²) in [6.07, 6.45) is 19.5. The molecule has 0 atom stereocenters. The lowest BCUT2D eigenvalue weighted by molar-refractivity contribution is 1.00. The van der Waals surface area contributed by atoms with Crippen LogP contribution in [0.1, 0.15) is 33.1 Å². The Hall–Kier alpha value is -1.56. The van der Waals surface area contributed by atoms with Gasteiger partial charge in [-0.2, -0.15) is 0 Å². The quantitative estimate of drug-likeness (QED) is 0.378. The zero-order valence-electron chi connectivity index (χ0n) is 11.2.